The molecule has 0 radical (unpaired) electrons. The summed E-state index contributed by atoms with van der Waals surface area (Å²) in [6.45, 7) is 5.81. The molecule has 15 heavy (non-hydrogen) atoms. The molecule has 0 spiro atoms. The van der Waals surface area contributed by atoms with Gasteiger partial charge in [-0.2, -0.15) is 0 Å². The lowest BCUT2D eigenvalue weighted by Gasteiger charge is -2.07. The largest absolute Gasteiger partial charge is 0.507 e. The van der Waals surface area contributed by atoms with E-state index in [9.17, 15) is 10.2 Å². The Morgan fingerprint density at radius 1 is 1.20 bits per heavy atom. The molecule has 0 aliphatic rings. The van der Waals surface area contributed by atoms with Crippen molar-refractivity contribution >= 4 is 21.4 Å². The third-order valence-corrected chi connectivity index (χ3v) is 3.95. The molecule has 2 aromatic rings. The van der Waals surface area contributed by atoms with E-state index in [-0.39, 0.29) is 0 Å². The Bertz CT molecular complexity index is 526. The second-order valence-corrected chi connectivity index (χ2v) is 4.80. The van der Waals surface area contributed by atoms with Gasteiger partial charge in [-0.05, 0) is 37.5 Å². The summed E-state index contributed by atoms with van der Waals surface area (Å²) in [5.41, 5.74) is 2.84. The summed E-state index contributed by atoms with van der Waals surface area (Å²) >= 11 is 1.33. The number of aromatic hydroxyl groups is 2. The van der Waals surface area contributed by atoms with Gasteiger partial charge in [-0.1, -0.05) is 18.3 Å². The smallest absolute Gasteiger partial charge is 0.175 e. The number of benzene rings is 1. The lowest BCUT2D eigenvalue weighted by molar-refractivity contribution is 0.474. The lowest BCUT2D eigenvalue weighted by Crippen LogP contribution is -1.87. The highest BCUT2D eigenvalue weighted by Gasteiger charge is 2.15. The maximum Gasteiger partial charge on any atom is 0.175 e. The molecule has 3 heteroatoms. The van der Waals surface area contributed by atoms with Crippen LogP contribution in [-0.2, 0) is 6.42 Å². The minimum Gasteiger partial charge on any atom is -0.507 e. The number of rotatable bonds is 1. The van der Waals surface area contributed by atoms with Gasteiger partial charge in [0, 0.05) is 15.6 Å². The molecule has 1 heterocycles. The summed E-state index contributed by atoms with van der Waals surface area (Å²) in [6, 6.07) is 2.06. The van der Waals surface area contributed by atoms with Crippen molar-refractivity contribution in [2.75, 3.05) is 0 Å². The van der Waals surface area contributed by atoms with Crippen LogP contribution in [0, 0.1) is 13.8 Å². The topological polar surface area (TPSA) is 40.5 Å². The van der Waals surface area contributed by atoms with E-state index in [4.69, 9.17) is 0 Å². The van der Waals surface area contributed by atoms with Crippen LogP contribution in [0.1, 0.15) is 23.6 Å². The average molecular weight is 222 g/mol. The molecule has 0 fully saturated rings. The molecular formula is C12H14O2S. The van der Waals surface area contributed by atoms with E-state index in [1.165, 1.54) is 11.3 Å². The van der Waals surface area contributed by atoms with E-state index in [1.54, 1.807) is 0 Å². The zero-order chi connectivity index (χ0) is 11.2. The molecule has 2 N–H and O–H groups in total. The summed E-state index contributed by atoms with van der Waals surface area (Å²) in [5, 5.41) is 20.8. The normalized spacial score (nSPS) is 11.1. The first kappa shape index (κ1) is 10.3. The molecule has 0 saturated carbocycles. The summed E-state index contributed by atoms with van der Waals surface area (Å²) < 4.78 is 0.963. The molecule has 0 aliphatic heterocycles. The minimum absolute atomic E-state index is 0.299. The number of hydrogen-bond donors (Lipinski definition) is 2. The lowest BCUT2D eigenvalue weighted by atomic mass is 10.0. The van der Waals surface area contributed by atoms with Crippen LogP contribution in [0.5, 0.6) is 10.8 Å². The molecule has 0 saturated heterocycles. The molecule has 2 rings (SSSR count). The fourth-order valence-electron chi connectivity index (χ4n) is 1.89. The van der Waals surface area contributed by atoms with Gasteiger partial charge in [-0.15, -0.1) is 0 Å². The van der Waals surface area contributed by atoms with E-state index in [0.717, 1.165) is 33.2 Å². The fraction of sp³-hybridized carbons (Fsp3) is 0.333. The van der Waals surface area contributed by atoms with Crippen LogP contribution < -0.4 is 0 Å². The molecule has 0 bridgehead atoms. The van der Waals surface area contributed by atoms with Crippen LogP contribution >= 0.6 is 11.3 Å². The second-order valence-electron chi connectivity index (χ2n) is 3.77. The number of phenols is 1. The molecule has 0 amide bonds. The summed E-state index contributed by atoms with van der Waals surface area (Å²) in [4.78, 5) is 0. The van der Waals surface area contributed by atoms with Gasteiger partial charge in [0.15, 0.2) is 5.06 Å². The maximum atomic E-state index is 10.1. The van der Waals surface area contributed by atoms with Crippen molar-refractivity contribution in [3.63, 3.8) is 0 Å². The number of aryl methyl sites for hydroxylation is 2. The number of fused-ring (bicyclic) bond motifs is 1. The van der Waals surface area contributed by atoms with Crippen LogP contribution in [0.4, 0.5) is 0 Å². The molecule has 80 valence electrons. The van der Waals surface area contributed by atoms with Gasteiger partial charge in [-0.25, -0.2) is 0 Å². The monoisotopic (exact) mass is 222 g/mol. The van der Waals surface area contributed by atoms with Crippen LogP contribution in [0.25, 0.3) is 10.1 Å². The van der Waals surface area contributed by atoms with E-state index < -0.39 is 0 Å². The van der Waals surface area contributed by atoms with E-state index >= 15 is 0 Å². The van der Waals surface area contributed by atoms with E-state index in [0.29, 0.717) is 10.8 Å². The van der Waals surface area contributed by atoms with Gasteiger partial charge in [-0.3, -0.25) is 0 Å². The first-order valence-corrected chi connectivity index (χ1v) is 5.81. The SMILES string of the molecule is CCc1cc2sc(O)c(C)c2c(O)c1C. The third kappa shape index (κ3) is 1.38. The minimum atomic E-state index is 0.299. The van der Waals surface area contributed by atoms with Crippen molar-refractivity contribution in [1.29, 1.82) is 0 Å². The van der Waals surface area contributed by atoms with Gasteiger partial charge in [0.2, 0.25) is 0 Å². The van der Waals surface area contributed by atoms with Gasteiger partial charge in [0.25, 0.3) is 0 Å². The first-order valence-electron chi connectivity index (χ1n) is 4.99. The van der Waals surface area contributed by atoms with Crippen LogP contribution in [0.3, 0.4) is 0 Å². The molecule has 0 unspecified atom stereocenters. The molecule has 0 atom stereocenters. The van der Waals surface area contributed by atoms with Crippen molar-refractivity contribution in [2.24, 2.45) is 0 Å². The number of hydrogen-bond acceptors (Lipinski definition) is 3. The molecule has 2 nitrogen and oxygen atoms in total. The summed E-state index contributed by atoms with van der Waals surface area (Å²) in [7, 11) is 0. The van der Waals surface area contributed by atoms with Crippen LogP contribution in [0.15, 0.2) is 6.07 Å². The fourth-order valence-corrected chi connectivity index (χ4v) is 2.91. The second kappa shape index (κ2) is 3.42. The Morgan fingerprint density at radius 3 is 2.47 bits per heavy atom. The Kier molecular flexibility index (Phi) is 2.35. The molecule has 0 aliphatic carbocycles. The third-order valence-electron chi connectivity index (χ3n) is 2.91. The highest BCUT2D eigenvalue weighted by Crippen LogP contribution is 2.43. The van der Waals surface area contributed by atoms with Gasteiger partial charge < -0.3 is 10.2 Å². The predicted octanol–water partition coefficient (Wildman–Crippen LogP) is 3.49. The van der Waals surface area contributed by atoms with Gasteiger partial charge >= 0.3 is 0 Å². The average Bonchev–Trinajstić information content (AvgIpc) is 2.49. The Balaban J connectivity index is 2.91. The Labute approximate surface area is 92.8 Å². The predicted molar refractivity (Wildman–Crippen MR) is 64.0 cm³/mol. The number of thiophene rings is 1. The molecule has 1 aromatic carbocycles. The van der Waals surface area contributed by atoms with Crippen molar-refractivity contribution in [1.82, 2.24) is 0 Å². The van der Waals surface area contributed by atoms with Crippen LogP contribution in [-0.4, -0.2) is 10.2 Å². The van der Waals surface area contributed by atoms with Crippen molar-refractivity contribution < 1.29 is 10.2 Å². The highest BCUT2D eigenvalue weighted by molar-refractivity contribution is 7.21. The maximum absolute atomic E-state index is 10.1. The van der Waals surface area contributed by atoms with Gasteiger partial charge in [0.05, 0.1) is 0 Å². The molecule has 1 aromatic heterocycles. The summed E-state index contributed by atoms with van der Waals surface area (Å²) in [6.07, 6.45) is 0.896. The highest BCUT2D eigenvalue weighted by atomic mass is 32.1. The van der Waals surface area contributed by atoms with E-state index in [1.807, 2.05) is 13.8 Å². The van der Waals surface area contributed by atoms with Crippen molar-refractivity contribution in [2.45, 2.75) is 27.2 Å². The molecular weight excluding hydrogens is 208 g/mol. The van der Waals surface area contributed by atoms with Gasteiger partial charge in [0.1, 0.15) is 5.75 Å². The zero-order valence-electron chi connectivity index (χ0n) is 9.09. The zero-order valence-corrected chi connectivity index (χ0v) is 9.90. The van der Waals surface area contributed by atoms with Crippen molar-refractivity contribution in [3.8, 4) is 10.8 Å². The number of phenolic OH excluding ortho intramolecular Hbond substituents is 1. The van der Waals surface area contributed by atoms with Crippen LogP contribution in [0.2, 0.25) is 0 Å². The Hall–Kier alpha value is -1.22. The first-order chi connectivity index (χ1) is 7.06. The summed E-state index contributed by atoms with van der Waals surface area (Å²) in [5.74, 6) is 0.318. The quantitative estimate of drug-likeness (QED) is 0.775. The van der Waals surface area contributed by atoms with Crippen molar-refractivity contribution in [3.05, 3.63) is 22.8 Å². The van der Waals surface area contributed by atoms with E-state index in [2.05, 4.69) is 13.0 Å². The Morgan fingerprint density at radius 2 is 1.87 bits per heavy atom. The standard InChI is InChI=1S/C12H14O2S/c1-4-8-5-9-10(11(13)6(8)2)7(3)12(14)15-9/h5,13-14H,4H2,1-3H3.